The molecule has 2 heterocycles. The van der Waals surface area contributed by atoms with Crippen LogP contribution in [0.15, 0.2) is 30.3 Å². The van der Waals surface area contributed by atoms with Crippen molar-refractivity contribution in [1.82, 2.24) is 15.1 Å². The van der Waals surface area contributed by atoms with Crippen LogP contribution in [0.1, 0.15) is 60.9 Å². The van der Waals surface area contributed by atoms with E-state index in [1.807, 2.05) is 17.0 Å². The van der Waals surface area contributed by atoms with Gasteiger partial charge in [-0.1, -0.05) is 12.1 Å². The first-order valence-electron chi connectivity index (χ1n) is 10.8. The Bertz CT molecular complexity index is 792. The van der Waals surface area contributed by atoms with Gasteiger partial charge in [-0.15, -0.1) is 0 Å². The van der Waals surface area contributed by atoms with Crippen LogP contribution in [0.5, 0.6) is 0 Å². The predicted octanol–water partition coefficient (Wildman–Crippen LogP) is 2.60. The van der Waals surface area contributed by atoms with E-state index in [1.165, 1.54) is 0 Å². The van der Waals surface area contributed by atoms with Gasteiger partial charge in [0, 0.05) is 37.3 Å². The summed E-state index contributed by atoms with van der Waals surface area (Å²) in [6.45, 7) is 2.26. The second kappa shape index (κ2) is 8.80. The third kappa shape index (κ3) is 4.86. The van der Waals surface area contributed by atoms with Gasteiger partial charge in [-0.3, -0.25) is 14.4 Å². The average molecular weight is 396 g/mol. The number of piperidine rings is 1. The van der Waals surface area contributed by atoms with Crippen molar-refractivity contribution in [2.24, 2.45) is 0 Å². The fourth-order valence-corrected chi connectivity index (χ4v) is 4.11. The largest absolute Gasteiger partial charge is 0.349 e. The molecule has 3 fully saturated rings. The van der Waals surface area contributed by atoms with Crippen molar-refractivity contribution in [2.75, 3.05) is 19.6 Å². The van der Waals surface area contributed by atoms with Gasteiger partial charge in [-0.2, -0.15) is 0 Å². The molecule has 2 aliphatic heterocycles. The number of amides is 3. The number of nitrogens with zero attached hydrogens (tertiary/aromatic N) is 2. The molecule has 1 unspecified atom stereocenters. The van der Waals surface area contributed by atoms with Crippen molar-refractivity contribution in [3.8, 4) is 0 Å². The minimum atomic E-state index is -0.326. The van der Waals surface area contributed by atoms with Crippen molar-refractivity contribution in [3.63, 3.8) is 0 Å². The van der Waals surface area contributed by atoms with Gasteiger partial charge in [0.15, 0.2) is 0 Å². The van der Waals surface area contributed by atoms with Gasteiger partial charge >= 0.3 is 0 Å². The highest BCUT2D eigenvalue weighted by Gasteiger charge is 2.34. The van der Waals surface area contributed by atoms with E-state index < -0.39 is 0 Å². The van der Waals surface area contributed by atoms with Gasteiger partial charge < -0.3 is 15.1 Å². The number of carbonyl (C=O) groups is 3. The molecule has 0 bridgehead atoms. The molecule has 29 heavy (non-hydrogen) atoms. The topological polar surface area (TPSA) is 69.7 Å². The Hall–Kier alpha value is -2.63. The summed E-state index contributed by atoms with van der Waals surface area (Å²) < 4.78 is 0. The van der Waals surface area contributed by atoms with Crippen LogP contribution in [-0.4, -0.2) is 59.2 Å². The molecule has 0 aromatic heterocycles. The zero-order valence-electron chi connectivity index (χ0n) is 16.8. The quantitative estimate of drug-likeness (QED) is 0.779. The zero-order valence-corrected chi connectivity index (χ0v) is 16.8. The van der Waals surface area contributed by atoms with E-state index in [4.69, 9.17) is 0 Å². The van der Waals surface area contributed by atoms with Crippen molar-refractivity contribution >= 4 is 23.8 Å². The van der Waals surface area contributed by atoms with E-state index in [0.717, 1.165) is 63.6 Å². The van der Waals surface area contributed by atoms with Crippen LogP contribution in [-0.2, 0) is 9.59 Å². The molecule has 1 aliphatic carbocycles. The monoisotopic (exact) mass is 395 g/mol. The van der Waals surface area contributed by atoms with Gasteiger partial charge in [0.2, 0.25) is 11.8 Å². The lowest BCUT2D eigenvalue weighted by Crippen LogP contribution is -2.52. The number of nitrogens with one attached hydrogen (secondary N) is 1. The maximum absolute atomic E-state index is 12.8. The number of rotatable bonds is 5. The first-order valence-corrected chi connectivity index (χ1v) is 10.8. The average Bonchev–Trinajstić information content (AvgIpc) is 3.39. The Labute approximate surface area is 171 Å². The number of hydrogen-bond acceptors (Lipinski definition) is 3. The van der Waals surface area contributed by atoms with E-state index in [0.29, 0.717) is 18.2 Å². The van der Waals surface area contributed by atoms with Crippen LogP contribution in [0.4, 0.5) is 0 Å². The van der Waals surface area contributed by atoms with Crippen molar-refractivity contribution in [3.05, 3.63) is 41.5 Å². The summed E-state index contributed by atoms with van der Waals surface area (Å²) in [7, 11) is 0. The van der Waals surface area contributed by atoms with E-state index in [1.54, 1.807) is 29.2 Å². The Morgan fingerprint density at radius 3 is 2.28 bits per heavy atom. The lowest BCUT2D eigenvalue weighted by Gasteiger charge is -2.36. The van der Waals surface area contributed by atoms with Crippen LogP contribution in [0.2, 0.25) is 0 Å². The Morgan fingerprint density at radius 2 is 1.59 bits per heavy atom. The number of hydrogen-bond donors (Lipinski definition) is 1. The summed E-state index contributed by atoms with van der Waals surface area (Å²) in [5.74, 6) is -0.0523. The summed E-state index contributed by atoms with van der Waals surface area (Å²) in [6, 6.07) is 7.25. The molecule has 6 heteroatoms. The summed E-state index contributed by atoms with van der Waals surface area (Å²) in [6.07, 6.45) is 10.2. The zero-order chi connectivity index (χ0) is 20.2. The lowest BCUT2D eigenvalue weighted by atomic mass is 10.0. The molecule has 3 amide bonds. The fourth-order valence-electron chi connectivity index (χ4n) is 4.11. The van der Waals surface area contributed by atoms with Crippen molar-refractivity contribution in [2.45, 2.75) is 57.0 Å². The normalized spacial score (nSPS) is 22.1. The third-order valence-electron chi connectivity index (χ3n) is 5.99. The molecular weight excluding hydrogens is 366 g/mol. The van der Waals surface area contributed by atoms with Crippen LogP contribution >= 0.6 is 0 Å². The van der Waals surface area contributed by atoms with Crippen LogP contribution in [0, 0.1) is 0 Å². The highest BCUT2D eigenvalue weighted by molar-refractivity contribution is 5.96. The summed E-state index contributed by atoms with van der Waals surface area (Å²) >= 11 is 0. The lowest BCUT2D eigenvalue weighted by molar-refractivity contribution is -0.144. The predicted molar refractivity (Wildman–Crippen MR) is 111 cm³/mol. The van der Waals surface area contributed by atoms with Gasteiger partial charge in [-0.05, 0) is 68.7 Å². The molecule has 4 rings (SSSR count). The van der Waals surface area contributed by atoms with Gasteiger partial charge in [0.1, 0.15) is 6.04 Å². The Morgan fingerprint density at radius 1 is 0.897 bits per heavy atom. The summed E-state index contributed by atoms with van der Waals surface area (Å²) in [5.41, 5.74) is 1.49. The number of carbonyl (C=O) groups excluding carboxylic acids is 3. The van der Waals surface area contributed by atoms with Crippen LogP contribution in [0.3, 0.4) is 0 Å². The van der Waals surface area contributed by atoms with Crippen LogP contribution in [0.25, 0.3) is 6.08 Å². The van der Waals surface area contributed by atoms with Gasteiger partial charge in [0.05, 0.1) is 0 Å². The maximum Gasteiger partial charge on any atom is 0.251 e. The minimum absolute atomic E-state index is 0.0457. The molecule has 6 nitrogen and oxygen atoms in total. The fraction of sp³-hybridized carbons (Fsp3) is 0.522. The molecule has 1 N–H and O–H groups in total. The Kier molecular flexibility index (Phi) is 5.97. The van der Waals surface area contributed by atoms with Gasteiger partial charge in [0.25, 0.3) is 5.91 Å². The van der Waals surface area contributed by atoms with E-state index in [9.17, 15) is 14.4 Å². The van der Waals surface area contributed by atoms with E-state index >= 15 is 0 Å². The highest BCUT2D eigenvalue weighted by Crippen LogP contribution is 2.22. The molecular formula is C23H29N3O3. The summed E-state index contributed by atoms with van der Waals surface area (Å²) in [5, 5.41) is 2.97. The number of likely N-dealkylation sites (tertiary alicyclic amines) is 2. The summed E-state index contributed by atoms with van der Waals surface area (Å²) in [4.78, 5) is 41.4. The third-order valence-corrected chi connectivity index (χ3v) is 5.99. The second-order valence-electron chi connectivity index (χ2n) is 8.28. The van der Waals surface area contributed by atoms with E-state index in [2.05, 4.69) is 5.32 Å². The second-order valence-corrected chi connectivity index (χ2v) is 8.28. The molecule has 154 valence electrons. The minimum Gasteiger partial charge on any atom is -0.349 e. The molecule has 1 atom stereocenters. The number of benzene rings is 1. The molecule has 2 saturated heterocycles. The first-order chi connectivity index (χ1) is 14.1. The molecule has 1 saturated carbocycles. The van der Waals surface area contributed by atoms with Crippen LogP contribution < -0.4 is 5.32 Å². The molecule has 1 aromatic carbocycles. The standard InChI is InChI=1S/C23H29N3O3/c27-21(26-16-2-1-5-20(26)23(29)25-14-3-4-15-25)13-8-17-6-9-18(10-7-17)22(28)24-19-11-12-19/h6-10,13,19-20H,1-5,11-12,14-16H2,(H,24,28)/b13-8+. The molecule has 3 aliphatic rings. The Balaban J connectivity index is 1.38. The van der Waals surface area contributed by atoms with E-state index in [-0.39, 0.29) is 23.8 Å². The highest BCUT2D eigenvalue weighted by atomic mass is 16.2. The molecule has 0 spiro atoms. The smallest absolute Gasteiger partial charge is 0.251 e. The maximum atomic E-state index is 12.8. The molecule has 0 radical (unpaired) electrons. The van der Waals surface area contributed by atoms with Crippen molar-refractivity contribution in [1.29, 1.82) is 0 Å². The SMILES string of the molecule is O=C(NC1CC1)c1ccc(/C=C/C(=O)N2CCCCC2C(=O)N2CCCC2)cc1. The van der Waals surface area contributed by atoms with Crippen molar-refractivity contribution < 1.29 is 14.4 Å². The van der Waals surface area contributed by atoms with Gasteiger partial charge in [-0.25, -0.2) is 0 Å². The first kappa shape index (κ1) is 19.7. The molecule has 1 aromatic rings.